The van der Waals surface area contributed by atoms with E-state index in [9.17, 15) is 8.42 Å². The van der Waals surface area contributed by atoms with Crippen LogP contribution in [0.5, 0.6) is 0 Å². The predicted octanol–water partition coefficient (Wildman–Crippen LogP) is 1.60. The van der Waals surface area contributed by atoms with Gasteiger partial charge < -0.3 is 10.6 Å². The fourth-order valence-corrected chi connectivity index (χ4v) is 3.34. The molecule has 0 saturated carbocycles. The molecule has 0 aliphatic heterocycles. The first-order valence-electron chi connectivity index (χ1n) is 5.91. The minimum absolute atomic E-state index is 0.251. The van der Waals surface area contributed by atoms with Crippen molar-refractivity contribution in [1.29, 1.82) is 0 Å². The molecule has 0 aliphatic carbocycles. The molecule has 0 unspecified atom stereocenters. The number of halogens is 1. The van der Waals surface area contributed by atoms with Gasteiger partial charge in [0.2, 0.25) is 10.0 Å². The Bertz CT molecular complexity index is 532. The summed E-state index contributed by atoms with van der Waals surface area (Å²) in [4.78, 5) is 2.28. The van der Waals surface area contributed by atoms with Gasteiger partial charge in [-0.05, 0) is 61.2 Å². The van der Waals surface area contributed by atoms with Gasteiger partial charge in [-0.2, -0.15) is 0 Å². The highest BCUT2D eigenvalue weighted by Gasteiger charge is 2.20. The van der Waals surface area contributed by atoms with E-state index < -0.39 is 10.0 Å². The second-order valence-corrected chi connectivity index (χ2v) is 7.57. The topological polar surface area (TPSA) is 66.6 Å². The molecule has 0 saturated heterocycles. The first kappa shape index (κ1) is 16.4. The quantitative estimate of drug-likeness (QED) is 0.792. The van der Waals surface area contributed by atoms with Gasteiger partial charge in [-0.25, -0.2) is 12.7 Å². The second-order valence-electron chi connectivity index (χ2n) is 4.67. The van der Waals surface area contributed by atoms with Crippen LogP contribution in [-0.2, 0) is 10.0 Å². The lowest BCUT2D eigenvalue weighted by Gasteiger charge is -2.18. The van der Waals surface area contributed by atoms with Crippen molar-refractivity contribution in [1.82, 2.24) is 9.21 Å². The highest BCUT2D eigenvalue weighted by Crippen LogP contribution is 2.24. The van der Waals surface area contributed by atoms with Crippen molar-refractivity contribution in [2.24, 2.45) is 0 Å². The molecule has 19 heavy (non-hydrogen) atoms. The molecule has 7 heteroatoms. The maximum Gasteiger partial charge on any atom is 0.242 e. The SMILES string of the molecule is CN(C)CCCN(C)S(=O)(=O)c1ccc(N)c(Br)c1. The van der Waals surface area contributed by atoms with Crippen molar-refractivity contribution in [2.75, 3.05) is 40.0 Å². The molecule has 0 aliphatic rings. The first-order valence-corrected chi connectivity index (χ1v) is 8.14. The molecule has 0 spiro atoms. The zero-order chi connectivity index (χ0) is 14.6. The van der Waals surface area contributed by atoms with Gasteiger partial charge in [0, 0.05) is 23.8 Å². The summed E-state index contributed by atoms with van der Waals surface area (Å²) in [5.41, 5.74) is 6.18. The average Bonchev–Trinajstić information content (AvgIpc) is 2.31. The van der Waals surface area contributed by atoms with Crippen molar-refractivity contribution in [2.45, 2.75) is 11.3 Å². The standard InChI is InChI=1S/C12H20BrN3O2S/c1-15(2)7-4-8-16(3)19(17,18)10-5-6-12(14)11(13)9-10/h5-6,9H,4,7-8,14H2,1-3H3. The zero-order valence-electron chi connectivity index (χ0n) is 11.4. The Morgan fingerprint density at radius 3 is 2.37 bits per heavy atom. The van der Waals surface area contributed by atoms with Crippen LogP contribution in [0.15, 0.2) is 27.6 Å². The third kappa shape index (κ3) is 4.45. The van der Waals surface area contributed by atoms with E-state index >= 15 is 0 Å². The highest BCUT2D eigenvalue weighted by molar-refractivity contribution is 9.10. The van der Waals surface area contributed by atoms with Crippen molar-refractivity contribution in [3.63, 3.8) is 0 Å². The van der Waals surface area contributed by atoms with E-state index in [1.54, 1.807) is 13.1 Å². The van der Waals surface area contributed by atoms with Crippen LogP contribution in [0, 0.1) is 0 Å². The summed E-state index contributed by atoms with van der Waals surface area (Å²) >= 11 is 3.24. The lowest BCUT2D eigenvalue weighted by atomic mass is 10.3. The van der Waals surface area contributed by atoms with Gasteiger partial charge in [-0.15, -0.1) is 0 Å². The Morgan fingerprint density at radius 2 is 1.84 bits per heavy atom. The smallest absolute Gasteiger partial charge is 0.242 e. The largest absolute Gasteiger partial charge is 0.398 e. The van der Waals surface area contributed by atoms with E-state index in [-0.39, 0.29) is 4.90 Å². The van der Waals surface area contributed by atoms with E-state index in [0.29, 0.717) is 16.7 Å². The molecule has 0 fully saturated rings. The summed E-state index contributed by atoms with van der Waals surface area (Å²) in [5, 5.41) is 0. The van der Waals surface area contributed by atoms with E-state index in [1.807, 2.05) is 19.0 Å². The van der Waals surface area contributed by atoms with E-state index in [2.05, 4.69) is 15.9 Å². The number of benzene rings is 1. The second kappa shape index (κ2) is 6.69. The molecule has 2 N–H and O–H groups in total. The van der Waals surface area contributed by atoms with Crippen LogP contribution in [0.2, 0.25) is 0 Å². The van der Waals surface area contributed by atoms with Crippen molar-refractivity contribution < 1.29 is 8.42 Å². The van der Waals surface area contributed by atoms with Crippen LogP contribution >= 0.6 is 15.9 Å². The number of hydrogen-bond acceptors (Lipinski definition) is 4. The Morgan fingerprint density at radius 1 is 1.21 bits per heavy atom. The first-order chi connectivity index (χ1) is 8.75. The Balaban J connectivity index is 2.81. The molecule has 1 rings (SSSR count). The number of nitrogens with two attached hydrogens (primary N) is 1. The number of sulfonamides is 1. The van der Waals surface area contributed by atoms with E-state index in [4.69, 9.17) is 5.73 Å². The number of hydrogen-bond donors (Lipinski definition) is 1. The van der Waals surface area contributed by atoms with Gasteiger partial charge in [0.15, 0.2) is 0 Å². The number of nitrogens with zero attached hydrogens (tertiary/aromatic N) is 2. The monoisotopic (exact) mass is 349 g/mol. The summed E-state index contributed by atoms with van der Waals surface area (Å²) in [6, 6.07) is 4.65. The zero-order valence-corrected chi connectivity index (χ0v) is 13.8. The van der Waals surface area contributed by atoms with Gasteiger partial charge in [-0.1, -0.05) is 0 Å². The lowest BCUT2D eigenvalue weighted by Crippen LogP contribution is -2.29. The highest BCUT2D eigenvalue weighted by atomic mass is 79.9. The van der Waals surface area contributed by atoms with Gasteiger partial charge in [0.1, 0.15) is 0 Å². The van der Waals surface area contributed by atoms with Crippen LogP contribution in [0.25, 0.3) is 0 Å². The summed E-state index contributed by atoms with van der Waals surface area (Å²) in [6.45, 7) is 1.34. The third-order valence-electron chi connectivity index (χ3n) is 2.76. The minimum atomic E-state index is -3.45. The number of anilines is 1. The molecular formula is C12H20BrN3O2S. The van der Waals surface area contributed by atoms with Crippen LogP contribution < -0.4 is 5.73 Å². The van der Waals surface area contributed by atoms with Gasteiger partial charge in [0.25, 0.3) is 0 Å². The summed E-state index contributed by atoms with van der Waals surface area (Å²) < 4.78 is 26.6. The van der Waals surface area contributed by atoms with Crippen molar-refractivity contribution >= 4 is 31.6 Å². The number of nitrogen functional groups attached to an aromatic ring is 1. The number of rotatable bonds is 6. The molecule has 0 atom stereocenters. The van der Waals surface area contributed by atoms with Crippen molar-refractivity contribution in [3.05, 3.63) is 22.7 Å². The lowest BCUT2D eigenvalue weighted by molar-refractivity contribution is 0.370. The Labute approximate surface area is 123 Å². The van der Waals surface area contributed by atoms with Gasteiger partial charge >= 0.3 is 0 Å². The normalized spacial score (nSPS) is 12.3. The molecule has 0 radical (unpaired) electrons. The molecule has 0 heterocycles. The predicted molar refractivity (Wildman–Crippen MR) is 81.5 cm³/mol. The molecule has 0 amide bonds. The van der Waals surface area contributed by atoms with Crippen LogP contribution in [0.1, 0.15) is 6.42 Å². The van der Waals surface area contributed by atoms with Gasteiger partial charge in [0.05, 0.1) is 4.90 Å². The fourth-order valence-electron chi connectivity index (χ4n) is 1.58. The Hall–Kier alpha value is -0.630. The molecule has 5 nitrogen and oxygen atoms in total. The molecule has 0 aromatic heterocycles. The van der Waals surface area contributed by atoms with Crippen LogP contribution in [-0.4, -0.2) is 51.9 Å². The summed E-state index contributed by atoms with van der Waals surface area (Å²) in [5.74, 6) is 0. The van der Waals surface area contributed by atoms with Crippen LogP contribution in [0.3, 0.4) is 0 Å². The maximum atomic E-state index is 12.3. The van der Waals surface area contributed by atoms with Crippen LogP contribution in [0.4, 0.5) is 5.69 Å². The molecule has 1 aromatic rings. The maximum absolute atomic E-state index is 12.3. The summed E-state index contributed by atoms with van der Waals surface area (Å²) in [7, 11) is 2.07. The van der Waals surface area contributed by atoms with E-state index in [0.717, 1.165) is 13.0 Å². The van der Waals surface area contributed by atoms with E-state index in [1.165, 1.54) is 16.4 Å². The average molecular weight is 350 g/mol. The van der Waals surface area contributed by atoms with Gasteiger partial charge in [-0.3, -0.25) is 0 Å². The summed E-state index contributed by atoms with van der Waals surface area (Å²) in [6.07, 6.45) is 0.791. The molecular weight excluding hydrogens is 330 g/mol. The van der Waals surface area contributed by atoms with Crippen molar-refractivity contribution in [3.8, 4) is 0 Å². The Kier molecular flexibility index (Phi) is 5.79. The minimum Gasteiger partial charge on any atom is -0.398 e. The third-order valence-corrected chi connectivity index (χ3v) is 5.30. The fraction of sp³-hybridized carbons (Fsp3) is 0.500. The molecule has 108 valence electrons. The molecule has 1 aromatic carbocycles. The molecule has 0 bridgehead atoms.